The first-order valence-electron chi connectivity index (χ1n) is 12.4. The van der Waals surface area contributed by atoms with E-state index in [0.717, 1.165) is 38.2 Å². The Labute approximate surface area is 205 Å². The van der Waals surface area contributed by atoms with E-state index in [-0.39, 0.29) is 23.7 Å². The normalized spacial score (nSPS) is 18.4. The number of alkyl halides is 3. The van der Waals surface area contributed by atoms with Crippen LogP contribution in [-0.2, 0) is 12.7 Å². The summed E-state index contributed by atoms with van der Waals surface area (Å²) < 4.78 is 41.5. The highest BCUT2D eigenvalue weighted by Gasteiger charge is 2.34. The fourth-order valence-corrected chi connectivity index (χ4v) is 5.25. The third kappa shape index (κ3) is 6.08. The van der Waals surface area contributed by atoms with E-state index in [1.165, 1.54) is 6.07 Å². The maximum absolute atomic E-state index is 13.8. The van der Waals surface area contributed by atoms with Crippen LogP contribution in [0.25, 0.3) is 0 Å². The molecule has 1 saturated carbocycles. The molecule has 1 fully saturated rings. The quantitative estimate of drug-likeness (QED) is 0.496. The minimum absolute atomic E-state index is 0.0169. The zero-order valence-electron chi connectivity index (χ0n) is 21.2. The molecule has 3 rings (SSSR count). The minimum atomic E-state index is -4.58. The van der Waals surface area contributed by atoms with Crippen LogP contribution in [0.2, 0.25) is 0 Å². The highest BCUT2D eigenvalue weighted by atomic mass is 19.4. The summed E-state index contributed by atoms with van der Waals surface area (Å²) in [5.41, 5.74) is 1.61. The number of aromatic nitrogens is 1. The molecule has 1 aliphatic rings. The van der Waals surface area contributed by atoms with Crippen molar-refractivity contribution in [3.8, 4) is 0 Å². The number of aryl methyl sites for hydroxylation is 2. The smallest absolute Gasteiger partial charge is 0.369 e. The first-order chi connectivity index (χ1) is 16.5. The summed E-state index contributed by atoms with van der Waals surface area (Å²) in [5.74, 6) is 0.0438. The van der Waals surface area contributed by atoms with E-state index >= 15 is 0 Å². The van der Waals surface area contributed by atoms with Crippen molar-refractivity contribution in [2.24, 2.45) is 5.92 Å². The Hall–Kier alpha value is -2.77. The Morgan fingerprint density at radius 2 is 1.74 bits per heavy atom. The Morgan fingerprint density at radius 3 is 2.29 bits per heavy atom. The molecule has 1 heterocycles. The van der Waals surface area contributed by atoms with Crippen molar-refractivity contribution in [2.45, 2.75) is 85.5 Å². The van der Waals surface area contributed by atoms with Gasteiger partial charge < -0.3 is 15.2 Å². The molecule has 8 heteroatoms. The Morgan fingerprint density at radius 1 is 1.09 bits per heavy atom. The summed E-state index contributed by atoms with van der Waals surface area (Å²) in [6.45, 7) is 9.84. The summed E-state index contributed by atoms with van der Waals surface area (Å²) in [4.78, 5) is 30.1. The van der Waals surface area contributed by atoms with Gasteiger partial charge in [0, 0.05) is 41.6 Å². The van der Waals surface area contributed by atoms with Crippen molar-refractivity contribution in [2.75, 3.05) is 11.4 Å². The largest absolute Gasteiger partial charge is 0.416 e. The summed E-state index contributed by atoms with van der Waals surface area (Å²) in [5, 5.41) is 2.67. The summed E-state index contributed by atoms with van der Waals surface area (Å²) in [6, 6.07) is 4.04. The molecule has 0 bridgehead atoms. The number of rotatable bonds is 7. The van der Waals surface area contributed by atoms with E-state index in [1.807, 2.05) is 11.8 Å². The molecule has 1 aromatic carbocycles. The number of amides is 1. The van der Waals surface area contributed by atoms with Crippen LogP contribution in [0.15, 0.2) is 23.0 Å². The number of H-pyrrole nitrogens is 1. The zero-order chi connectivity index (χ0) is 25.9. The van der Waals surface area contributed by atoms with Gasteiger partial charge in [0.05, 0.1) is 5.56 Å². The van der Waals surface area contributed by atoms with Gasteiger partial charge in [0.15, 0.2) is 0 Å². The third-order valence-corrected chi connectivity index (χ3v) is 7.36. The van der Waals surface area contributed by atoms with Gasteiger partial charge in [-0.25, -0.2) is 0 Å². The Bertz CT molecular complexity index is 1120. The average Bonchev–Trinajstić information content (AvgIpc) is 2.79. The van der Waals surface area contributed by atoms with Gasteiger partial charge in [-0.2, -0.15) is 13.2 Å². The van der Waals surface area contributed by atoms with Gasteiger partial charge >= 0.3 is 6.18 Å². The van der Waals surface area contributed by atoms with Crippen LogP contribution in [-0.4, -0.2) is 23.5 Å². The molecule has 0 atom stereocenters. The fourth-order valence-electron chi connectivity index (χ4n) is 5.25. The maximum Gasteiger partial charge on any atom is 0.416 e. The second-order valence-corrected chi connectivity index (χ2v) is 9.66. The lowest BCUT2D eigenvalue weighted by molar-refractivity contribution is -0.137. The molecule has 0 saturated heterocycles. The SMILES string of the molecule is CCC1CCC(N(CC)c2cc(C(F)(F)F)cc(C(=O)NCc3c(C)cc(C)[nH]c3=O)c2C)CC1. The average molecular weight is 492 g/mol. The molecular formula is C27H36F3N3O2. The zero-order valence-corrected chi connectivity index (χ0v) is 21.2. The molecule has 192 valence electrons. The number of anilines is 1. The maximum atomic E-state index is 13.8. The lowest BCUT2D eigenvalue weighted by Crippen LogP contribution is -2.39. The van der Waals surface area contributed by atoms with Crippen molar-refractivity contribution < 1.29 is 18.0 Å². The van der Waals surface area contributed by atoms with Gasteiger partial charge in [0.1, 0.15) is 0 Å². The van der Waals surface area contributed by atoms with E-state index in [2.05, 4.69) is 17.2 Å². The number of carbonyl (C=O) groups is 1. The predicted molar refractivity (Wildman–Crippen MR) is 133 cm³/mol. The van der Waals surface area contributed by atoms with Gasteiger partial charge in [-0.1, -0.05) is 13.3 Å². The molecule has 35 heavy (non-hydrogen) atoms. The van der Waals surface area contributed by atoms with Gasteiger partial charge in [0.25, 0.3) is 11.5 Å². The van der Waals surface area contributed by atoms with Crippen molar-refractivity contribution in [1.82, 2.24) is 10.3 Å². The number of hydrogen-bond donors (Lipinski definition) is 2. The van der Waals surface area contributed by atoms with Gasteiger partial charge in [-0.3, -0.25) is 9.59 Å². The number of halogens is 3. The van der Waals surface area contributed by atoms with Crippen LogP contribution < -0.4 is 15.8 Å². The van der Waals surface area contributed by atoms with Crippen LogP contribution in [0.1, 0.15) is 84.3 Å². The highest BCUT2D eigenvalue weighted by Crippen LogP contribution is 2.38. The third-order valence-electron chi connectivity index (χ3n) is 7.36. The molecule has 0 spiro atoms. The van der Waals surface area contributed by atoms with Gasteiger partial charge in [-0.05, 0) is 88.6 Å². The lowest BCUT2D eigenvalue weighted by atomic mass is 9.83. The second-order valence-electron chi connectivity index (χ2n) is 9.66. The number of aromatic amines is 1. The Balaban J connectivity index is 1.95. The molecule has 0 radical (unpaired) electrons. The van der Waals surface area contributed by atoms with Crippen LogP contribution in [0.4, 0.5) is 18.9 Å². The number of benzene rings is 1. The standard InChI is InChI=1S/C27H36F3N3O2/c1-6-19-8-10-21(11-9-19)33(7-2)24-14-20(27(28,29)30)13-22(18(24)5)25(34)31-15-23-16(3)12-17(4)32-26(23)35/h12-14,19,21H,6-11,15H2,1-5H3,(H,31,34)(H,32,35). The van der Waals surface area contributed by atoms with Crippen LogP contribution in [0.3, 0.4) is 0 Å². The topological polar surface area (TPSA) is 65.2 Å². The van der Waals surface area contributed by atoms with E-state index < -0.39 is 17.6 Å². The van der Waals surface area contributed by atoms with E-state index in [4.69, 9.17) is 0 Å². The number of pyridine rings is 1. The first-order valence-corrected chi connectivity index (χ1v) is 12.4. The van der Waals surface area contributed by atoms with E-state index in [0.29, 0.717) is 40.5 Å². The molecule has 5 nitrogen and oxygen atoms in total. The number of nitrogens with one attached hydrogen (secondary N) is 2. The molecular weight excluding hydrogens is 455 g/mol. The number of nitrogens with zero attached hydrogens (tertiary/aromatic N) is 1. The monoisotopic (exact) mass is 491 g/mol. The lowest BCUT2D eigenvalue weighted by Gasteiger charge is -2.39. The van der Waals surface area contributed by atoms with Gasteiger partial charge in [0.2, 0.25) is 0 Å². The van der Waals surface area contributed by atoms with Crippen molar-refractivity contribution >= 4 is 11.6 Å². The van der Waals surface area contributed by atoms with Crippen LogP contribution >= 0.6 is 0 Å². The van der Waals surface area contributed by atoms with Gasteiger partial charge in [-0.15, -0.1) is 0 Å². The molecule has 1 aliphatic carbocycles. The molecule has 2 aromatic rings. The molecule has 1 amide bonds. The van der Waals surface area contributed by atoms with Crippen molar-refractivity contribution in [3.63, 3.8) is 0 Å². The fraction of sp³-hybridized carbons (Fsp3) is 0.556. The first kappa shape index (κ1) is 26.8. The highest BCUT2D eigenvalue weighted by molar-refractivity contribution is 5.97. The number of carbonyl (C=O) groups excluding carboxylic acids is 1. The summed E-state index contributed by atoms with van der Waals surface area (Å²) >= 11 is 0. The van der Waals surface area contributed by atoms with E-state index in [9.17, 15) is 22.8 Å². The molecule has 1 aromatic heterocycles. The molecule has 2 N–H and O–H groups in total. The predicted octanol–water partition coefficient (Wildman–Crippen LogP) is 6.04. The number of hydrogen-bond acceptors (Lipinski definition) is 3. The molecule has 0 unspecified atom stereocenters. The van der Waals surface area contributed by atoms with E-state index in [1.54, 1.807) is 26.8 Å². The summed E-state index contributed by atoms with van der Waals surface area (Å²) in [6.07, 6.45) is 0.523. The minimum Gasteiger partial charge on any atom is -0.369 e. The summed E-state index contributed by atoms with van der Waals surface area (Å²) in [7, 11) is 0. The van der Waals surface area contributed by atoms with Crippen molar-refractivity contribution in [3.05, 3.63) is 62.1 Å². The second kappa shape index (κ2) is 10.9. The Kier molecular flexibility index (Phi) is 8.34. The van der Waals surface area contributed by atoms with Crippen LogP contribution in [0.5, 0.6) is 0 Å². The van der Waals surface area contributed by atoms with Crippen LogP contribution in [0, 0.1) is 26.7 Å². The molecule has 0 aliphatic heterocycles. The van der Waals surface area contributed by atoms with Crippen molar-refractivity contribution in [1.29, 1.82) is 0 Å².